The lowest BCUT2D eigenvalue weighted by atomic mass is 10.2. The molecule has 1 heteroatoms. The zero-order chi connectivity index (χ0) is 6.69. The molecule has 0 aliphatic heterocycles. The Morgan fingerprint density at radius 1 is 1.50 bits per heavy atom. The highest BCUT2D eigenvalue weighted by molar-refractivity contribution is 9.08. The van der Waals surface area contributed by atoms with Crippen molar-refractivity contribution in [2.45, 2.75) is 5.33 Å². The van der Waals surface area contributed by atoms with Gasteiger partial charge in [-0.3, -0.25) is 0 Å². The molecule has 0 amide bonds. The molecule has 42 valence electrons. The molecule has 1 aromatic carbocycles. The summed E-state index contributed by atoms with van der Waals surface area (Å²) in [4.78, 5) is 0. The quantitative estimate of drug-likeness (QED) is 0.572. The molecule has 0 saturated carbocycles. The third-order valence-electron chi connectivity index (χ3n) is 0.942. The number of benzene rings is 1. The number of hydrogen-bond acceptors (Lipinski definition) is 0. The Morgan fingerprint density at radius 3 is 2.62 bits per heavy atom. The smallest absolute Gasteiger partial charge is 0.0623 e. The predicted octanol–water partition coefficient (Wildman–Crippen LogP) is 2.58. The zero-order valence-electron chi connectivity index (χ0n) is 5.39. The molecule has 0 aromatic heterocycles. The average molecular weight is 173 g/mol. The lowest BCUT2D eigenvalue weighted by Crippen LogP contribution is -1.70. The van der Waals surface area contributed by atoms with Crippen LogP contribution in [0.25, 0.3) is 0 Å². The van der Waals surface area contributed by atoms with E-state index < -0.39 is 0 Å². The maximum absolute atomic E-state index is 7.15. The zero-order valence-corrected chi connectivity index (χ0v) is 5.98. The Morgan fingerprint density at radius 2 is 2.12 bits per heavy atom. The number of alkyl halides is 1. The molecule has 0 saturated heterocycles. The Balaban J connectivity index is 2.88. The minimum absolute atomic E-state index is 0.569. The van der Waals surface area contributed by atoms with Crippen LogP contribution in [-0.2, 0) is 5.33 Å². The molecule has 0 unspecified atom stereocenters. The summed E-state index contributed by atoms with van der Waals surface area (Å²) in [5.41, 5.74) is 1.21. The van der Waals surface area contributed by atoms with Gasteiger partial charge in [-0.15, -0.1) is 0 Å². The second kappa shape index (κ2) is 2.88. The summed E-state index contributed by atoms with van der Waals surface area (Å²) in [6.45, 7) is 0. The predicted molar refractivity (Wildman–Crippen MR) is 39.1 cm³/mol. The third kappa shape index (κ3) is 1.34. The van der Waals surface area contributed by atoms with Gasteiger partial charge in [-0.1, -0.05) is 46.2 Å². The molecule has 0 bridgehead atoms. The van der Waals surface area contributed by atoms with Crippen molar-refractivity contribution in [1.82, 2.24) is 0 Å². The van der Waals surface area contributed by atoms with Crippen molar-refractivity contribution in [3.05, 3.63) is 35.9 Å². The summed E-state index contributed by atoms with van der Waals surface area (Å²) < 4.78 is 7.15. The normalized spacial score (nSPS) is 10.9. The van der Waals surface area contributed by atoms with Crippen molar-refractivity contribution in [2.75, 3.05) is 0 Å². The molecular weight excluding hydrogens is 164 g/mol. The highest BCUT2D eigenvalue weighted by Gasteiger charge is 1.81. The molecule has 0 aliphatic rings. The first-order valence-corrected chi connectivity index (χ1v) is 3.56. The molecule has 0 aliphatic carbocycles. The second-order valence-corrected chi connectivity index (χ2v) is 2.10. The second-order valence-electron chi connectivity index (χ2n) is 1.54. The molecule has 0 nitrogen and oxygen atoms in total. The molecular formula is C7H7Br. The Hall–Kier alpha value is -0.300. The first-order chi connectivity index (χ1) is 4.33. The van der Waals surface area contributed by atoms with E-state index in [1.54, 1.807) is 12.1 Å². The average Bonchev–Trinajstić information content (AvgIpc) is 1.90. The van der Waals surface area contributed by atoms with Crippen molar-refractivity contribution in [3.63, 3.8) is 0 Å². The number of rotatable bonds is 1. The van der Waals surface area contributed by atoms with Crippen LogP contribution in [0.1, 0.15) is 6.93 Å². The summed E-state index contributed by atoms with van der Waals surface area (Å²) in [5.74, 6) is 0. The fourth-order valence-electron chi connectivity index (χ4n) is 0.510. The van der Waals surface area contributed by atoms with Crippen LogP contribution in [0.5, 0.6) is 0 Å². The largest absolute Gasteiger partial charge is 0.0876 e. The Bertz CT molecular complexity index is 181. The van der Waals surface area contributed by atoms with Crippen LogP contribution in [-0.4, -0.2) is 0 Å². The van der Waals surface area contributed by atoms with E-state index in [1.165, 1.54) is 5.56 Å². The van der Waals surface area contributed by atoms with Gasteiger partial charge in [-0.05, 0) is 5.56 Å². The van der Waals surface area contributed by atoms with Crippen molar-refractivity contribution in [2.24, 2.45) is 0 Å². The fourth-order valence-corrected chi connectivity index (χ4v) is 0.884. The van der Waals surface area contributed by atoms with E-state index in [-0.39, 0.29) is 0 Å². The van der Waals surface area contributed by atoms with Crippen LogP contribution in [0.4, 0.5) is 0 Å². The fraction of sp³-hybridized carbons (Fsp3) is 0.143. The van der Waals surface area contributed by atoms with E-state index in [4.69, 9.17) is 1.37 Å². The standard InChI is InChI=1S/C7H7Br/c8-6-7-4-2-1-3-5-7/h1-5H,6H2/i1T. The first-order valence-electron chi connectivity index (χ1n) is 2.94. The lowest BCUT2D eigenvalue weighted by Gasteiger charge is -1.88. The molecule has 8 heavy (non-hydrogen) atoms. The molecule has 0 radical (unpaired) electrons. The van der Waals surface area contributed by atoms with Crippen LogP contribution in [0.3, 0.4) is 0 Å². The first kappa shape index (κ1) is 4.57. The Kier molecular flexibility index (Phi) is 1.64. The van der Waals surface area contributed by atoms with Gasteiger partial charge in [0.05, 0.1) is 1.37 Å². The van der Waals surface area contributed by atoms with Gasteiger partial charge in [0.1, 0.15) is 0 Å². The van der Waals surface area contributed by atoms with Crippen molar-refractivity contribution in [1.29, 1.82) is 0 Å². The highest BCUT2D eigenvalue weighted by Crippen LogP contribution is 2.02. The summed E-state index contributed by atoms with van der Waals surface area (Å²) >= 11 is 3.32. The van der Waals surface area contributed by atoms with E-state index in [0.717, 1.165) is 5.33 Å². The van der Waals surface area contributed by atoms with Gasteiger partial charge in [0.25, 0.3) is 0 Å². The van der Waals surface area contributed by atoms with E-state index in [9.17, 15) is 0 Å². The van der Waals surface area contributed by atoms with Gasteiger partial charge in [-0.25, -0.2) is 0 Å². The summed E-state index contributed by atoms with van der Waals surface area (Å²) in [5, 5.41) is 0.868. The number of hydrogen-bond donors (Lipinski definition) is 0. The van der Waals surface area contributed by atoms with Gasteiger partial charge in [0.2, 0.25) is 0 Å². The number of halogens is 1. The maximum Gasteiger partial charge on any atom is 0.0623 e. The maximum atomic E-state index is 7.15. The van der Waals surface area contributed by atoms with Gasteiger partial charge < -0.3 is 0 Å². The summed E-state index contributed by atoms with van der Waals surface area (Å²) in [6, 6.07) is 8.03. The van der Waals surface area contributed by atoms with Gasteiger partial charge >= 0.3 is 0 Å². The van der Waals surface area contributed by atoms with Crippen LogP contribution in [0, 0.1) is 0 Å². The molecule has 0 heterocycles. The third-order valence-corrected chi connectivity index (χ3v) is 1.59. The SMILES string of the molecule is [3H]c1ccc(CBr)cc1. The van der Waals surface area contributed by atoms with E-state index >= 15 is 0 Å². The lowest BCUT2D eigenvalue weighted by molar-refractivity contribution is 1.44. The highest BCUT2D eigenvalue weighted by atomic mass is 79.9. The van der Waals surface area contributed by atoms with Crippen LogP contribution in [0.2, 0.25) is 0 Å². The molecule has 0 fully saturated rings. The summed E-state index contributed by atoms with van der Waals surface area (Å²) in [6.07, 6.45) is 0. The van der Waals surface area contributed by atoms with E-state index in [1.807, 2.05) is 12.1 Å². The van der Waals surface area contributed by atoms with Crippen molar-refractivity contribution < 1.29 is 1.37 Å². The van der Waals surface area contributed by atoms with Crippen LogP contribution in [0.15, 0.2) is 30.3 Å². The molecule has 0 spiro atoms. The molecule has 1 aromatic rings. The van der Waals surface area contributed by atoms with Crippen LogP contribution >= 0.6 is 15.9 Å². The Labute approximate surface area is 59.1 Å². The molecule has 0 N–H and O–H groups in total. The minimum atomic E-state index is 0.569. The molecule has 0 atom stereocenters. The van der Waals surface area contributed by atoms with Gasteiger partial charge in [-0.2, -0.15) is 0 Å². The molecule has 1 rings (SSSR count). The van der Waals surface area contributed by atoms with Crippen molar-refractivity contribution in [3.8, 4) is 0 Å². The van der Waals surface area contributed by atoms with Crippen molar-refractivity contribution >= 4 is 15.9 Å². The summed E-state index contributed by atoms with van der Waals surface area (Å²) in [7, 11) is 0. The van der Waals surface area contributed by atoms with E-state index in [2.05, 4.69) is 15.9 Å². The van der Waals surface area contributed by atoms with E-state index in [0.29, 0.717) is 6.04 Å². The topological polar surface area (TPSA) is 0 Å². The van der Waals surface area contributed by atoms with Crippen LogP contribution < -0.4 is 0 Å². The van der Waals surface area contributed by atoms with Gasteiger partial charge in [0.15, 0.2) is 0 Å². The minimum Gasteiger partial charge on any atom is -0.0876 e. The van der Waals surface area contributed by atoms with Gasteiger partial charge in [0, 0.05) is 5.33 Å². The monoisotopic (exact) mass is 172 g/mol.